The third kappa shape index (κ3) is 4.25. The van der Waals surface area contributed by atoms with Crippen LogP contribution in [-0.4, -0.2) is 22.6 Å². The van der Waals surface area contributed by atoms with Gasteiger partial charge in [-0.25, -0.2) is 9.37 Å². The summed E-state index contributed by atoms with van der Waals surface area (Å²) >= 11 is 0. The molecule has 3 aromatic rings. The highest BCUT2D eigenvalue weighted by molar-refractivity contribution is 5.92. The van der Waals surface area contributed by atoms with Crippen LogP contribution >= 0.6 is 0 Å². The molecule has 1 heterocycles. The van der Waals surface area contributed by atoms with Gasteiger partial charge in [-0.3, -0.25) is 14.2 Å². The van der Waals surface area contributed by atoms with E-state index in [1.54, 1.807) is 30.3 Å². The fraction of sp³-hybridized carbons (Fsp3) is 0.190. The second-order valence-electron chi connectivity index (χ2n) is 6.11. The summed E-state index contributed by atoms with van der Waals surface area (Å²) < 4.78 is 20.1. The van der Waals surface area contributed by atoms with Crippen LogP contribution in [0.4, 0.5) is 10.1 Å². The Bertz CT molecular complexity index is 1060. The van der Waals surface area contributed by atoms with E-state index in [9.17, 15) is 14.0 Å². The monoisotopic (exact) mass is 381 g/mol. The molecule has 0 fully saturated rings. The number of nitrogens with zero attached hydrogens (tertiary/aromatic N) is 2. The van der Waals surface area contributed by atoms with Gasteiger partial charge in [0.1, 0.15) is 23.9 Å². The SMILES string of the molecule is CCc1cc(=O)n(CC(=O)Nc2ccccc2OC)c(-c2cccc(F)c2)n1. The van der Waals surface area contributed by atoms with Gasteiger partial charge >= 0.3 is 0 Å². The molecule has 0 aliphatic heterocycles. The van der Waals surface area contributed by atoms with E-state index in [1.807, 2.05) is 6.92 Å². The number of benzene rings is 2. The summed E-state index contributed by atoms with van der Waals surface area (Å²) in [6, 6.07) is 14.1. The van der Waals surface area contributed by atoms with Gasteiger partial charge < -0.3 is 10.1 Å². The lowest BCUT2D eigenvalue weighted by molar-refractivity contribution is -0.116. The first-order chi connectivity index (χ1) is 13.5. The molecule has 0 bridgehead atoms. The first-order valence-electron chi connectivity index (χ1n) is 8.81. The number of aromatic nitrogens is 2. The molecule has 1 amide bonds. The quantitative estimate of drug-likeness (QED) is 0.711. The molecular formula is C21H20FN3O3. The van der Waals surface area contributed by atoms with Crippen molar-refractivity contribution in [2.75, 3.05) is 12.4 Å². The van der Waals surface area contributed by atoms with Crippen molar-refractivity contribution in [3.63, 3.8) is 0 Å². The molecule has 0 spiro atoms. The Morgan fingerprint density at radius 3 is 2.68 bits per heavy atom. The average molecular weight is 381 g/mol. The van der Waals surface area contributed by atoms with Crippen molar-refractivity contribution in [3.8, 4) is 17.1 Å². The van der Waals surface area contributed by atoms with Crippen molar-refractivity contribution in [2.24, 2.45) is 0 Å². The van der Waals surface area contributed by atoms with Crippen molar-refractivity contribution in [3.05, 3.63) is 76.5 Å². The van der Waals surface area contributed by atoms with Crippen LogP contribution in [0.5, 0.6) is 5.75 Å². The van der Waals surface area contributed by atoms with E-state index >= 15 is 0 Å². The highest BCUT2D eigenvalue weighted by Crippen LogP contribution is 2.23. The minimum absolute atomic E-state index is 0.249. The Morgan fingerprint density at radius 1 is 1.18 bits per heavy atom. The zero-order valence-electron chi connectivity index (χ0n) is 15.6. The second kappa shape index (κ2) is 8.47. The van der Waals surface area contributed by atoms with Crippen molar-refractivity contribution in [1.29, 1.82) is 0 Å². The zero-order valence-corrected chi connectivity index (χ0v) is 15.6. The number of ether oxygens (including phenoxy) is 1. The molecule has 0 radical (unpaired) electrons. The molecule has 0 atom stereocenters. The molecular weight excluding hydrogens is 361 g/mol. The minimum Gasteiger partial charge on any atom is -0.495 e. The second-order valence-corrected chi connectivity index (χ2v) is 6.11. The lowest BCUT2D eigenvalue weighted by atomic mass is 10.2. The van der Waals surface area contributed by atoms with Crippen LogP contribution in [0.2, 0.25) is 0 Å². The standard InChI is InChI=1S/C21H20FN3O3/c1-3-16-12-20(27)25(21(23-16)14-7-6-8-15(22)11-14)13-19(26)24-17-9-4-5-10-18(17)28-2/h4-12H,3,13H2,1-2H3,(H,24,26). The van der Waals surface area contributed by atoms with Crippen molar-refractivity contribution in [2.45, 2.75) is 19.9 Å². The predicted molar refractivity (Wildman–Crippen MR) is 105 cm³/mol. The maximum atomic E-state index is 13.7. The van der Waals surface area contributed by atoms with Gasteiger partial charge in [0.05, 0.1) is 12.8 Å². The molecule has 3 rings (SSSR count). The molecule has 0 saturated heterocycles. The van der Waals surface area contributed by atoms with Gasteiger partial charge in [-0.1, -0.05) is 31.2 Å². The number of amides is 1. The van der Waals surface area contributed by atoms with Gasteiger partial charge in [-0.15, -0.1) is 0 Å². The Balaban J connectivity index is 1.97. The molecule has 28 heavy (non-hydrogen) atoms. The van der Waals surface area contributed by atoms with Crippen LogP contribution in [0.1, 0.15) is 12.6 Å². The van der Waals surface area contributed by atoms with Crippen LogP contribution in [0.15, 0.2) is 59.4 Å². The topological polar surface area (TPSA) is 73.2 Å². The van der Waals surface area contributed by atoms with E-state index in [4.69, 9.17) is 4.74 Å². The number of para-hydroxylation sites is 2. The summed E-state index contributed by atoms with van der Waals surface area (Å²) in [5, 5.41) is 2.73. The fourth-order valence-electron chi connectivity index (χ4n) is 2.82. The number of nitrogens with one attached hydrogen (secondary N) is 1. The molecule has 0 aliphatic carbocycles. The summed E-state index contributed by atoms with van der Waals surface area (Å²) in [6.45, 7) is 1.61. The summed E-state index contributed by atoms with van der Waals surface area (Å²) in [6.07, 6.45) is 0.547. The largest absolute Gasteiger partial charge is 0.495 e. The highest BCUT2D eigenvalue weighted by Gasteiger charge is 2.15. The van der Waals surface area contributed by atoms with Crippen molar-refractivity contribution < 1.29 is 13.9 Å². The van der Waals surface area contributed by atoms with E-state index in [1.165, 1.54) is 35.9 Å². The van der Waals surface area contributed by atoms with Gasteiger partial charge in [-0.2, -0.15) is 0 Å². The minimum atomic E-state index is -0.446. The maximum absolute atomic E-state index is 13.7. The van der Waals surface area contributed by atoms with Crippen molar-refractivity contribution >= 4 is 11.6 Å². The number of carbonyl (C=O) groups excluding carboxylic acids is 1. The first kappa shape index (κ1) is 19.3. The molecule has 144 valence electrons. The molecule has 1 aromatic heterocycles. The lowest BCUT2D eigenvalue weighted by Crippen LogP contribution is -2.30. The van der Waals surface area contributed by atoms with Crippen LogP contribution in [-0.2, 0) is 17.8 Å². The summed E-state index contributed by atoms with van der Waals surface area (Å²) in [5.41, 5.74) is 1.12. The molecule has 2 aromatic carbocycles. The summed E-state index contributed by atoms with van der Waals surface area (Å²) in [7, 11) is 1.50. The van der Waals surface area contributed by atoms with Gasteiger partial charge in [-0.05, 0) is 30.7 Å². The summed E-state index contributed by atoms with van der Waals surface area (Å²) in [5.74, 6) is -0.110. The zero-order chi connectivity index (χ0) is 20.1. The number of hydrogen-bond acceptors (Lipinski definition) is 4. The highest BCUT2D eigenvalue weighted by atomic mass is 19.1. The summed E-state index contributed by atoms with van der Waals surface area (Å²) in [4.78, 5) is 29.6. The number of anilines is 1. The Labute approximate surface area is 161 Å². The van der Waals surface area contributed by atoms with E-state index in [-0.39, 0.29) is 17.9 Å². The van der Waals surface area contributed by atoms with Gasteiger partial charge in [0.15, 0.2) is 0 Å². The number of halogens is 1. The lowest BCUT2D eigenvalue weighted by Gasteiger charge is -2.14. The van der Waals surface area contributed by atoms with Gasteiger partial charge in [0.2, 0.25) is 5.91 Å². The van der Waals surface area contributed by atoms with Crippen LogP contribution < -0.4 is 15.6 Å². The Morgan fingerprint density at radius 2 is 1.96 bits per heavy atom. The van der Waals surface area contributed by atoms with Crippen LogP contribution in [0.25, 0.3) is 11.4 Å². The molecule has 1 N–H and O–H groups in total. The molecule has 6 nitrogen and oxygen atoms in total. The Hall–Kier alpha value is -3.48. The average Bonchev–Trinajstić information content (AvgIpc) is 2.69. The Kier molecular flexibility index (Phi) is 5.84. The molecule has 0 unspecified atom stereocenters. The van der Waals surface area contributed by atoms with E-state index in [2.05, 4.69) is 10.3 Å². The molecule has 0 saturated carbocycles. The number of carbonyl (C=O) groups is 1. The van der Waals surface area contributed by atoms with Crippen LogP contribution in [0.3, 0.4) is 0 Å². The van der Waals surface area contributed by atoms with E-state index in [0.717, 1.165) is 0 Å². The maximum Gasteiger partial charge on any atom is 0.254 e. The van der Waals surface area contributed by atoms with E-state index < -0.39 is 11.7 Å². The number of aryl methyl sites for hydroxylation is 1. The number of methoxy groups -OCH3 is 1. The van der Waals surface area contributed by atoms with Crippen LogP contribution in [0, 0.1) is 5.82 Å². The normalized spacial score (nSPS) is 10.5. The van der Waals surface area contributed by atoms with Gasteiger partial charge in [0, 0.05) is 17.3 Å². The fourth-order valence-corrected chi connectivity index (χ4v) is 2.82. The van der Waals surface area contributed by atoms with E-state index in [0.29, 0.717) is 29.1 Å². The van der Waals surface area contributed by atoms with Gasteiger partial charge in [0.25, 0.3) is 5.56 Å². The predicted octanol–water partition coefficient (Wildman–Crippen LogP) is 3.26. The molecule has 7 heteroatoms. The third-order valence-electron chi connectivity index (χ3n) is 4.19. The van der Waals surface area contributed by atoms with Crippen molar-refractivity contribution in [1.82, 2.24) is 9.55 Å². The molecule has 0 aliphatic rings. The number of rotatable bonds is 6. The number of hydrogen-bond donors (Lipinski definition) is 1. The third-order valence-corrected chi connectivity index (χ3v) is 4.19. The first-order valence-corrected chi connectivity index (χ1v) is 8.81. The smallest absolute Gasteiger partial charge is 0.254 e.